The van der Waals surface area contributed by atoms with Crippen LogP contribution in [-0.2, 0) is 0 Å². The van der Waals surface area contributed by atoms with Gasteiger partial charge in [-0.15, -0.1) is 0 Å². The summed E-state index contributed by atoms with van der Waals surface area (Å²) in [6.07, 6.45) is 1.56. The van der Waals surface area contributed by atoms with E-state index in [2.05, 4.69) is 5.32 Å². The molecule has 3 rings (SSSR count). The molecular formula is C19H20F2N2O2. The molecule has 0 aliphatic carbocycles. The molecule has 1 N–H and O–H groups in total. The van der Waals surface area contributed by atoms with Crippen LogP contribution in [0.1, 0.15) is 23.2 Å². The monoisotopic (exact) mass is 346 g/mol. The van der Waals surface area contributed by atoms with Gasteiger partial charge >= 0.3 is 0 Å². The van der Waals surface area contributed by atoms with Crippen LogP contribution in [0.15, 0.2) is 42.5 Å². The molecule has 132 valence electrons. The molecule has 0 bridgehead atoms. The number of methoxy groups -OCH3 is 1. The van der Waals surface area contributed by atoms with Gasteiger partial charge in [0.1, 0.15) is 5.82 Å². The third kappa shape index (κ3) is 4.07. The minimum Gasteiger partial charge on any atom is -0.494 e. The van der Waals surface area contributed by atoms with Crippen molar-refractivity contribution in [1.82, 2.24) is 4.90 Å². The minimum absolute atomic E-state index is 0.124. The first kappa shape index (κ1) is 17.2. The van der Waals surface area contributed by atoms with Crippen LogP contribution in [0.3, 0.4) is 0 Å². The normalized spacial score (nSPS) is 15.1. The number of piperidine rings is 1. The molecule has 1 saturated heterocycles. The van der Waals surface area contributed by atoms with E-state index in [4.69, 9.17) is 4.74 Å². The Morgan fingerprint density at radius 2 is 1.80 bits per heavy atom. The quantitative estimate of drug-likeness (QED) is 0.918. The van der Waals surface area contributed by atoms with Crippen molar-refractivity contribution in [3.8, 4) is 5.75 Å². The van der Waals surface area contributed by atoms with Crippen molar-refractivity contribution in [1.29, 1.82) is 0 Å². The molecule has 0 radical (unpaired) electrons. The molecule has 0 atom stereocenters. The second kappa shape index (κ2) is 7.51. The summed E-state index contributed by atoms with van der Waals surface area (Å²) in [6.45, 7) is 1.18. The van der Waals surface area contributed by atoms with Crippen LogP contribution in [0.4, 0.5) is 14.5 Å². The number of benzene rings is 2. The fourth-order valence-electron chi connectivity index (χ4n) is 2.99. The van der Waals surface area contributed by atoms with E-state index in [0.29, 0.717) is 18.7 Å². The molecule has 2 aromatic carbocycles. The van der Waals surface area contributed by atoms with Gasteiger partial charge in [-0.05, 0) is 55.3 Å². The SMILES string of the molecule is COc1ccc(C(=O)N2CCC(Nc3ccc(F)cc3)CC2)cc1F. The zero-order valence-corrected chi connectivity index (χ0v) is 14.0. The standard InChI is InChI=1S/C19H20F2N2O2/c1-25-18-7-2-13(12-17(18)21)19(24)23-10-8-16(9-11-23)22-15-5-3-14(20)4-6-15/h2-7,12,16,22H,8-11H2,1H3. The molecule has 0 saturated carbocycles. The molecule has 1 amide bonds. The van der Waals surface area contributed by atoms with Crippen LogP contribution in [0.5, 0.6) is 5.75 Å². The van der Waals surface area contributed by atoms with Gasteiger partial charge in [-0.3, -0.25) is 4.79 Å². The average Bonchev–Trinajstić information content (AvgIpc) is 2.63. The van der Waals surface area contributed by atoms with E-state index in [1.165, 1.54) is 31.4 Å². The van der Waals surface area contributed by atoms with Gasteiger partial charge < -0.3 is 15.0 Å². The minimum atomic E-state index is -0.541. The Balaban J connectivity index is 1.57. The predicted octanol–water partition coefficient (Wildman–Crippen LogP) is 3.69. The van der Waals surface area contributed by atoms with E-state index in [0.717, 1.165) is 18.5 Å². The molecule has 0 aromatic heterocycles. The lowest BCUT2D eigenvalue weighted by Gasteiger charge is -2.33. The van der Waals surface area contributed by atoms with E-state index in [1.807, 2.05) is 0 Å². The number of amides is 1. The van der Waals surface area contributed by atoms with Crippen LogP contribution in [0.25, 0.3) is 0 Å². The van der Waals surface area contributed by atoms with Crippen molar-refractivity contribution in [2.45, 2.75) is 18.9 Å². The fourth-order valence-corrected chi connectivity index (χ4v) is 2.99. The second-order valence-electron chi connectivity index (χ2n) is 6.07. The molecule has 2 aromatic rings. The summed E-state index contributed by atoms with van der Waals surface area (Å²) < 4.78 is 31.6. The van der Waals surface area contributed by atoms with Crippen molar-refractivity contribution in [3.05, 3.63) is 59.7 Å². The molecule has 4 nitrogen and oxygen atoms in total. The average molecular weight is 346 g/mol. The lowest BCUT2D eigenvalue weighted by Crippen LogP contribution is -2.42. The molecular weight excluding hydrogens is 326 g/mol. The highest BCUT2D eigenvalue weighted by atomic mass is 19.1. The van der Waals surface area contributed by atoms with Crippen molar-refractivity contribution >= 4 is 11.6 Å². The van der Waals surface area contributed by atoms with Crippen molar-refractivity contribution < 1.29 is 18.3 Å². The summed E-state index contributed by atoms with van der Waals surface area (Å²) in [5.41, 5.74) is 1.19. The van der Waals surface area contributed by atoms with Crippen LogP contribution in [0.2, 0.25) is 0 Å². The van der Waals surface area contributed by atoms with Gasteiger partial charge in [0.05, 0.1) is 7.11 Å². The number of likely N-dealkylation sites (tertiary alicyclic amines) is 1. The zero-order valence-electron chi connectivity index (χ0n) is 14.0. The summed E-state index contributed by atoms with van der Waals surface area (Å²) in [5, 5.41) is 3.35. The van der Waals surface area contributed by atoms with E-state index < -0.39 is 5.82 Å². The number of rotatable bonds is 4. The lowest BCUT2D eigenvalue weighted by atomic mass is 10.0. The topological polar surface area (TPSA) is 41.6 Å². The summed E-state index contributed by atoms with van der Waals surface area (Å²) in [6, 6.07) is 10.7. The number of nitrogens with zero attached hydrogens (tertiary/aromatic N) is 1. The van der Waals surface area contributed by atoms with Gasteiger partial charge in [0, 0.05) is 30.4 Å². The van der Waals surface area contributed by atoms with Crippen LogP contribution in [0, 0.1) is 11.6 Å². The first-order chi connectivity index (χ1) is 12.1. The number of carbonyl (C=O) groups excluding carboxylic acids is 1. The van der Waals surface area contributed by atoms with Gasteiger partial charge in [0.25, 0.3) is 5.91 Å². The molecule has 1 heterocycles. The summed E-state index contributed by atoms with van der Waals surface area (Å²) in [4.78, 5) is 14.2. The molecule has 0 unspecified atom stereocenters. The molecule has 1 fully saturated rings. The number of hydrogen-bond acceptors (Lipinski definition) is 3. The number of halogens is 2. The van der Waals surface area contributed by atoms with Crippen LogP contribution in [-0.4, -0.2) is 37.0 Å². The Morgan fingerprint density at radius 1 is 1.12 bits per heavy atom. The first-order valence-corrected chi connectivity index (χ1v) is 8.22. The Hall–Kier alpha value is -2.63. The van der Waals surface area contributed by atoms with E-state index in [1.54, 1.807) is 23.1 Å². The number of hydrogen-bond donors (Lipinski definition) is 1. The van der Waals surface area contributed by atoms with E-state index in [9.17, 15) is 13.6 Å². The highest BCUT2D eigenvalue weighted by Gasteiger charge is 2.24. The third-order valence-electron chi connectivity index (χ3n) is 4.40. The lowest BCUT2D eigenvalue weighted by molar-refractivity contribution is 0.0718. The maximum Gasteiger partial charge on any atom is 0.253 e. The van der Waals surface area contributed by atoms with Crippen LogP contribution < -0.4 is 10.1 Å². The highest BCUT2D eigenvalue weighted by molar-refractivity contribution is 5.94. The number of anilines is 1. The summed E-state index contributed by atoms with van der Waals surface area (Å²) >= 11 is 0. The van der Waals surface area contributed by atoms with Gasteiger partial charge in [0.2, 0.25) is 0 Å². The maximum atomic E-state index is 13.8. The van der Waals surface area contributed by atoms with Crippen LogP contribution >= 0.6 is 0 Å². The van der Waals surface area contributed by atoms with E-state index in [-0.39, 0.29) is 23.5 Å². The molecule has 1 aliphatic heterocycles. The van der Waals surface area contributed by atoms with Crippen molar-refractivity contribution in [2.75, 3.05) is 25.5 Å². The van der Waals surface area contributed by atoms with Gasteiger partial charge in [-0.2, -0.15) is 0 Å². The van der Waals surface area contributed by atoms with Gasteiger partial charge in [-0.1, -0.05) is 0 Å². The molecule has 25 heavy (non-hydrogen) atoms. The Bertz CT molecular complexity index is 742. The molecule has 6 heteroatoms. The maximum absolute atomic E-state index is 13.8. The number of nitrogens with one attached hydrogen (secondary N) is 1. The van der Waals surface area contributed by atoms with Gasteiger partial charge in [-0.25, -0.2) is 8.78 Å². The molecule has 0 spiro atoms. The fraction of sp³-hybridized carbons (Fsp3) is 0.316. The van der Waals surface area contributed by atoms with Gasteiger partial charge in [0.15, 0.2) is 11.6 Å². The second-order valence-corrected chi connectivity index (χ2v) is 6.07. The Kier molecular flexibility index (Phi) is 5.16. The Morgan fingerprint density at radius 3 is 2.40 bits per heavy atom. The predicted molar refractivity (Wildman–Crippen MR) is 91.9 cm³/mol. The highest BCUT2D eigenvalue weighted by Crippen LogP contribution is 2.21. The summed E-state index contributed by atoms with van der Waals surface area (Å²) in [7, 11) is 1.39. The third-order valence-corrected chi connectivity index (χ3v) is 4.40. The smallest absolute Gasteiger partial charge is 0.253 e. The zero-order chi connectivity index (χ0) is 17.8. The summed E-state index contributed by atoms with van der Waals surface area (Å²) in [5.74, 6) is -0.862. The van der Waals surface area contributed by atoms with Crippen molar-refractivity contribution in [3.63, 3.8) is 0 Å². The first-order valence-electron chi connectivity index (χ1n) is 8.22. The Labute approximate surface area is 145 Å². The largest absolute Gasteiger partial charge is 0.494 e. The van der Waals surface area contributed by atoms with E-state index >= 15 is 0 Å². The number of carbonyl (C=O) groups is 1. The van der Waals surface area contributed by atoms with Crippen molar-refractivity contribution in [2.24, 2.45) is 0 Å². The number of ether oxygens (including phenoxy) is 1. The molecule has 1 aliphatic rings.